The Bertz CT molecular complexity index is 2110. The first-order valence-corrected chi connectivity index (χ1v) is 13.3. The fourth-order valence-electron chi connectivity index (χ4n) is 5.91. The lowest BCUT2D eigenvalue weighted by molar-refractivity contribution is 1.16. The van der Waals surface area contributed by atoms with Crippen LogP contribution in [0.15, 0.2) is 132 Å². The second kappa shape index (κ2) is 7.83. The van der Waals surface area contributed by atoms with Gasteiger partial charge in [0.05, 0.1) is 22.1 Å². The lowest BCUT2D eigenvalue weighted by Gasteiger charge is -2.12. The molecule has 8 aromatic rings. The minimum Gasteiger partial charge on any atom is -0.309 e. The third kappa shape index (κ3) is 3.04. The molecule has 174 valence electrons. The Balaban J connectivity index is 1.49. The zero-order chi connectivity index (χ0) is 24.5. The monoisotopic (exact) mass is 536 g/mol. The van der Waals surface area contributed by atoms with Crippen molar-refractivity contribution in [3.8, 4) is 11.4 Å². The van der Waals surface area contributed by atoms with Crippen LogP contribution in [0.4, 0.5) is 0 Å². The number of halogens is 1. The Morgan fingerprint density at radius 2 is 0.892 bits per heavy atom. The van der Waals surface area contributed by atoms with Gasteiger partial charge in [-0.05, 0) is 59.3 Å². The highest BCUT2D eigenvalue weighted by atomic mass is 79.9. The molecule has 0 spiro atoms. The van der Waals surface area contributed by atoms with Gasteiger partial charge in [-0.1, -0.05) is 94.8 Å². The van der Waals surface area contributed by atoms with Crippen LogP contribution in [0.3, 0.4) is 0 Å². The van der Waals surface area contributed by atoms with E-state index < -0.39 is 0 Å². The lowest BCUT2D eigenvalue weighted by Crippen LogP contribution is -1.97. The van der Waals surface area contributed by atoms with E-state index in [2.05, 4.69) is 152 Å². The minimum atomic E-state index is 1.08. The van der Waals surface area contributed by atoms with Gasteiger partial charge >= 0.3 is 0 Å². The third-order valence-electron chi connectivity index (χ3n) is 7.54. The van der Waals surface area contributed by atoms with E-state index in [0.29, 0.717) is 0 Å². The Morgan fingerprint density at radius 1 is 0.378 bits per heavy atom. The van der Waals surface area contributed by atoms with Crippen molar-refractivity contribution in [2.45, 2.75) is 0 Å². The van der Waals surface area contributed by atoms with Crippen LogP contribution in [-0.4, -0.2) is 9.13 Å². The summed E-state index contributed by atoms with van der Waals surface area (Å²) in [4.78, 5) is 0. The van der Waals surface area contributed by atoms with Crippen molar-refractivity contribution in [2.24, 2.45) is 0 Å². The SMILES string of the molecule is Brc1ccc2c3ccc(-n4c5ccccc5c5ccccc54)cc3n(-c3ccc4ccccc4c3)c2c1. The number of para-hydroxylation sites is 2. The van der Waals surface area contributed by atoms with Gasteiger partial charge in [0.1, 0.15) is 0 Å². The van der Waals surface area contributed by atoms with E-state index in [0.717, 1.165) is 15.8 Å². The number of hydrogen-bond acceptors (Lipinski definition) is 0. The Hall–Kier alpha value is -4.34. The number of nitrogens with zero attached hydrogens (tertiary/aromatic N) is 2. The van der Waals surface area contributed by atoms with Gasteiger partial charge in [0.25, 0.3) is 0 Å². The van der Waals surface area contributed by atoms with Crippen LogP contribution >= 0.6 is 15.9 Å². The van der Waals surface area contributed by atoms with E-state index in [4.69, 9.17) is 0 Å². The van der Waals surface area contributed by atoms with Crippen molar-refractivity contribution in [1.29, 1.82) is 0 Å². The van der Waals surface area contributed by atoms with Crippen LogP contribution < -0.4 is 0 Å². The molecule has 0 fully saturated rings. The van der Waals surface area contributed by atoms with E-state index in [-0.39, 0.29) is 0 Å². The summed E-state index contributed by atoms with van der Waals surface area (Å²) >= 11 is 3.72. The summed E-state index contributed by atoms with van der Waals surface area (Å²) in [5.41, 5.74) is 7.16. The van der Waals surface area contributed by atoms with Gasteiger partial charge in [0.2, 0.25) is 0 Å². The molecule has 0 saturated heterocycles. The molecule has 0 radical (unpaired) electrons. The average Bonchev–Trinajstić information content (AvgIpc) is 3.44. The zero-order valence-electron chi connectivity index (χ0n) is 19.9. The van der Waals surface area contributed by atoms with Gasteiger partial charge in [-0.2, -0.15) is 0 Å². The van der Waals surface area contributed by atoms with Gasteiger partial charge in [-0.25, -0.2) is 0 Å². The van der Waals surface area contributed by atoms with Crippen LogP contribution in [-0.2, 0) is 0 Å². The van der Waals surface area contributed by atoms with Gasteiger partial charge in [0, 0.05) is 37.4 Å². The van der Waals surface area contributed by atoms with Crippen molar-refractivity contribution in [3.05, 3.63) is 132 Å². The summed E-state index contributed by atoms with van der Waals surface area (Å²) < 4.78 is 5.87. The first kappa shape index (κ1) is 20.8. The van der Waals surface area contributed by atoms with E-state index in [1.807, 2.05) is 0 Å². The Labute approximate surface area is 222 Å². The van der Waals surface area contributed by atoms with Crippen LogP contribution in [0.25, 0.3) is 65.8 Å². The van der Waals surface area contributed by atoms with Crippen molar-refractivity contribution in [3.63, 3.8) is 0 Å². The zero-order valence-corrected chi connectivity index (χ0v) is 21.5. The van der Waals surface area contributed by atoms with Gasteiger partial charge in [-0.3, -0.25) is 0 Å². The Kier molecular flexibility index (Phi) is 4.40. The Morgan fingerprint density at radius 3 is 1.65 bits per heavy atom. The molecule has 2 nitrogen and oxygen atoms in total. The highest BCUT2D eigenvalue weighted by molar-refractivity contribution is 9.10. The molecule has 37 heavy (non-hydrogen) atoms. The topological polar surface area (TPSA) is 9.86 Å². The summed E-state index contributed by atoms with van der Waals surface area (Å²) in [5.74, 6) is 0. The first-order chi connectivity index (χ1) is 18.3. The molecule has 0 N–H and O–H groups in total. The molecule has 6 aromatic carbocycles. The summed E-state index contributed by atoms with van der Waals surface area (Å²) in [6.45, 7) is 0. The molecule has 0 aliphatic rings. The summed E-state index contributed by atoms with van der Waals surface area (Å²) in [6, 6.07) is 46.1. The normalized spacial score (nSPS) is 11.9. The van der Waals surface area contributed by atoms with Crippen molar-refractivity contribution in [1.82, 2.24) is 9.13 Å². The van der Waals surface area contributed by atoms with Crippen LogP contribution in [0.1, 0.15) is 0 Å². The van der Waals surface area contributed by atoms with Crippen LogP contribution in [0.5, 0.6) is 0 Å². The lowest BCUT2D eigenvalue weighted by atomic mass is 10.1. The average molecular weight is 537 g/mol. The maximum Gasteiger partial charge on any atom is 0.0561 e. The molecule has 2 heterocycles. The molecule has 0 atom stereocenters. The molecular weight excluding hydrogens is 516 g/mol. The van der Waals surface area contributed by atoms with Gasteiger partial charge in [-0.15, -0.1) is 0 Å². The molecule has 0 unspecified atom stereocenters. The summed E-state index contributed by atoms with van der Waals surface area (Å²) in [6.07, 6.45) is 0. The fraction of sp³-hybridized carbons (Fsp3) is 0. The van der Waals surface area contributed by atoms with Crippen LogP contribution in [0, 0.1) is 0 Å². The predicted molar refractivity (Wildman–Crippen MR) is 160 cm³/mol. The van der Waals surface area contributed by atoms with Gasteiger partial charge < -0.3 is 9.13 Å². The molecule has 2 aromatic heterocycles. The molecule has 0 aliphatic heterocycles. The largest absolute Gasteiger partial charge is 0.309 e. The molecule has 8 rings (SSSR count). The van der Waals surface area contributed by atoms with Crippen molar-refractivity contribution in [2.75, 3.05) is 0 Å². The fourth-order valence-corrected chi connectivity index (χ4v) is 6.26. The molecular formula is C34H21BrN2. The standard InChI is InChI=1S/C34H21BrN2/c35-24-14-17-29-30-18-16-26(36-31-11-5-3-9-27(31)28-10-4-6-12-32(28)36)21-34(30)37(33(29)20-24)25-15-13-22-7-1-2-8-23(22)19-25/h1-21H. The smallest absolute Gasteiger partial charge is 0.0561 e. The number of rotatable bonds is 2. The van der Waals surface area contributed by atoms with E-state index in [1.165, 1.54) is 54.4 Å². The molecule has 0 bridgehead atoms. The number of hydrogen-bond donors (Lipinski definition) is 0. The second-order valence-electron chi connectivity index (χ2n) is 9.60. The van der Waals surface area contributed by atoms with Crippen molar-refractivity contribution >= 4 is 70.3 Å². The number of aromatic nitrogens is 2. The maximum absolute atomic E-state index is 3.72. The summed E-state index contributed by atoms with van der Waals surface area (Å²) in [7, 11) is 0. The second-order valence-corrected chi connectivity index (χ2v) is 10.5. The summed E-state index contributed by atoms with van der Waals surface area (Å²) in [5, 5.41) is 7.54. The molecule has 0 amide bonds. The predicted octanol–water partition coefficient (Wildman–Crippen LogP) is 9.80. The molecule has 3 heteroatoms. The minimum absolute atomic E-state index is 1.08. The van der Waals surface area contributed by atoms with Crippen LogP contribution in [0.2, 0.25) is 0 Å². The highest BCUT2D eigenvalue weighted by Gasteiger charge is 2.16. The van der Waals surface area contributed by atoms with E-state index in [9.17, 15) is 0 Å². The van der Waals surface area contributed by atoms with E-state index >= 15 is 0 Å². The molecule has 0 saturated carbocycles. The molecule has 0 aliphatic carbocycles. The van der Waals surface area contributed by atoms with Gasteiger partial charge in [0.15, 0.2) is 0 Å². The highest BCUT2D eigenvalue weighted by Crippen LogP contribution is 2.37. The van der Waals surface area contributed by atoms with E-state index in [1.54, 1.807) is 0 Å². The number of fused-ring (bicyclic) bond motifs is 7. The van der Waals surface area contributed by atoms with Crippen molar-refractivity contribution < 1.29 is 0 Å². The number of benzene rings is 6. The first-order valence-electron chi connectivity index (χ1n) is 12.5. The maximum atomic E-state index is 3.72. The third-order valence-corrected chi connectivity index (χ3v) is 8.04. The quantitative estimate of drug-likeness (QED) is 0.208.